The number of nitrogen functional groups attached to an aromatic ring is 1. The summed E-state index contributed by atoms with van der Waals surface area (Å²) < 4.78 is 4.69. The average molecular weight is 530 g/mol. The molecule has 6 rings (SSSR count). The van der Waals surface area contributed by atoms with Gasteiger partial charge >= 0.3 is 0 Å². The number of carbonyl (C=O) groups is 1. The number of anilines is 1. The predicted molar refractivity (Wildman–Crippen MR) is 150 cm³/mol. The van der Waals surface area contributed by atoms with Crippen molar-refractivity contribution in [1.29, 1.82) is 0 Å². The Morgan fingerprint density at radius 3 is 2.70 bits per heavy atom. The van der Waals surface area contributed by atoms with E-state index in [-0.39, 0.29) is 16.9 Å². The molecule has 0 saturated heterocycles. The minimum absolute atomic E-state index is 0.0587. The second-order valence-corrected chi connectivity index (χ2v) is 9.19. The summed E-state index contributed by atoms with van der Waals surface area (Å²) in [5, 5.41) is 12.3. The van der Waals surface area contributed by atoms with Gasteiger partial charge in [0.2, 0.25) is 0 Å². The molecule has 196 valence electrons. The quantitative estimate of drug-likeness (QED) is 0.335. The topological polar surface area (TPSA) is 138 Å². The van der Waals surface area contributed by atoms with Gasteiger partial charge in [-0.05, 0) is 31.2 Å². The number of carbonyl (C=O) groups excluding carboxylic acids is 1. The highest BCUT2D eigenvalue weighted by atomic mass is 16.2. The van der Waals surface area contributed by atoms with Crippen LogP contribution in [0.5, 0.6) is 0 Å². The van der Waals surface area contributed by atoms with Gasteiger partial charge in [-0.3, -0.25) is 23.8 Å². The number of para-hydroxylation sites is 1. The Kier molecular flexibility index (Phi) is 6.05. The van der Waals surface area contributed by atoms with Gasteiger partial charge in [-0.15, -0.1) is 5.10 Å². The number of aryl methyl sites for hydroxylation is 1. The van der Waals surface area contributed by atoms with Gasteiger partial charge < -0.3 is 11.1 Å². The van der Waals surface area contributed by atoms with Crippen LogP contribution in [0.15, 0.2) is 84.4 Å². The summed E-state index contributed by atoms with van der Waals surface area (Å²) in [4.78, 5) is 36.1. The van der Waals surface area contributed by atoms with Crippen molar-refractivity contribution in [3.05, 3.63) is 112 Å². The van der Waals surface area contributed by atoms with Crippen LogP contribution >= 0.6 is 0 Å². The van der Waals surface area contributed by atoms with E-state index in [1.54, 1.807) is 59.4 Å². The SMILES string of the molecule is CC(NC(=O)c1c(N)nn2cccnc12)c1cc2cncc(C#Cc3cnn(C)c3)c2c(=O)n1-c1ccccc1. The zero-order valence-corrected chi connectivity index (χ0v) is 21.6. The normalized spacial score (nSPS) is 11.8. The fourth-order valence-corrected chi connectivity index (χ4v) is 4.62. The first-order valence-electron chi connectivity index (χ1n) is 12.4. The number of hydrogen-bond acceptors (Lipinski definition) is 7. The molecule has 5 heterocycles. The second kappa shape index (κ2) is 9.85. The standard InChI is InChI=1S/C29H23N9O2/c1-18(34-28(39)25-26(30)35-37-12-6-11-32-27(25)37)23-13-21-16-31-15-20(10-9-19-14-33-36(2)17-19)24(21)29(40)38(23)22-7-4-3-5-8-22/h3-8,11-18H,1-2H3,(H2,30,35)(H,34,39). The molecule has 11 heteroatoms. The average Bonchev–Trinajstić information content (AvgIpc) is 3.53. The van der Waals surface area contributed by atoms with Gasteiger partial charge in [0, 0.05) is 54.8 Å². The van der Waals surface area contributed by atoms with Crippen LogP contribution in [0.2, 0.25) is 0 Å². The van der Waals surface area contributed by atoms with Crippen LogP contribution in [0.1, 0.15) is 40.1 Å². The molecule has 0 spiro atoms. The Morgan fingerprint density at radius 1 is 1.10 bits per heavy atom. The van der Waals surface area contributed by atoms with Gasteiger partial charge in [0.25, 0.3) is 11.5 Å². The van der Waals surface area contributed by atoms with Gasteiger partial charge in [-0.25, -0.2) is 9.50 Å². The Morgan fingerprint density at radius 2 is 1.93 bits per heavy atom. The van der Waals surface area contributed by atoms with E-state index in [1.165, 1.54) is 4.52 Å². The molecule has 1 amide bonds. The maximum absolute atomic E-state index is 14.1. The maximum atomic E-state index is 14.1. The Balaban J connectivity index is 1.48. The van der Waals surface area contributed by atoms with Crippen molar-refractivity contribution < 1.29 is 4.79 Å². The van der Waals surface area contributed by atoms with E-state index in [4.69, 9.17) is 5.73 Å². The highest BCUT2D eigenvalue weighted by molar-refractivity contribution is 6.04. The van der Waals surface area contributed by atoms with Gasteiger partial charge in [0.05, 0.1) is 28.8 Å². The van der Waals surface area contributed by atoms with Crippen LogP contribution in [-0.2, 0) is 7.05 Å². The van der Waals surface area contributed by atoms with E-state index in [0.29, 0.717) is 33.4 Å². The van der Waals surface area contributed by atoms with Crippen molar-refractivity contribution in [3.63, 3.8) is 0 Å². The number of benzene rings is 1. The summed E-state index contributed by atoms with van der Waals surface area (Å²) in [7, 11) is 1.81. The monoisotopic (exact) mass is 529 g/mol. The number of nitrogens with zero attached hydrogens (tertiary/aromatic N) is 7. The molecule has 0 bridgehead atoms. The molecule has 5 aromatic heterocycles. The van der Waals surface area contributed by atoms with Gasteiger partial charge in [0.1, 0.15) is 5.56 Å². The van der Waals surface area contributed by atoms with Gasteiger partial charge in [0.15, 0.2) is 11.5 Å². The zero-order chi connectivity index (χ0) is 27.8. The van der Waals surface area contributed by atoms with Crippen LogP contribution in [-0.4, -0.2) is 39.8 Å². The molecule has 0 aliphatic heterocycles. The van der Waals surface area contributed by atoms with Crippen LogP contribution in [0.3, 0.4) is 0 Å². The van der Waals surface area contributed by atoms with Crippen molar-refractivity contribution in [2.75, 3.05) is 5.73 Å². The van der Waals surface area contributed by atoms with E-state index >= 15 is 0 Å². The summed E-state index contributed by atoms with van der Waals surface area (Å²) in [6.07, 6.45) is 9.87. The highest BCUT2D eigenvalue weighted by Gasteiger charge is 2.24. The van der Waals surface area contributed by atoms with Crippen LogP contribution in [0, 0.1) is 11.8 Å². The fourth-order valence-electron chi connectivity index (χ4n) is 4.62. The van der Waals surface area contributed by atoms with Crippen LogP contribution < -0.4 is 16.6 Å². The van der Waals surface area contributed by atoms with Crippen molar-refractivity contribution >= 4 is 28.1 Å². The van der Waals surface area contributed by atoms with E-state index in [2.05, 4.69) is 37.3 Å². The molecular weight excluding hydrogens is 506 g/mol. The third kappa shape index (κ3) is 4.33. The minimum Gasteiger partial charge on any atom is -0.381 e. The Labute approximate surface area is 227 Å². The summed E-state index contributed by atoms with van der Waals surface area (Å²) in [6.45, 7) is 1.80. The molecule has 1 atom stereocenters. The Bertz CT molecular complexity index is 2030. The number of fused-ring (bicyclic) bond motifs is 2. The first kappa shape index (κ1) is 24.6. The molecule has 1 aromatic carbocycles. The first-order chi connectivity index (χ1) is 19.4. The molecule has 40 heavy (non-hydrogen) atoms. The molecule has 0 fully saturated rings. The Hall–Kier alpha value is -5.76. The van der Waals surface area contributed by atoms with Crippen molar-refractivity contribution in [3.8, 4) is 17.5 Å². The number of nitrogens with two attached hydrogens (primary N) is 1. The summed E-state index contributed by atoms with van der Waals surface area (Å²) in [6, 6.07) is 12.2. The molecule has 0 saturated carbocycles. The zero-order valence-electron chi connectivity index (χ0n) is 21.6. The first-order valence-corrected chi connectivity index (χ1v) is 12.4. The number of nitrogens with one attached hydrogen (secondary N) is 1. The molecule has 3 N–H and O–H groups in total. The highest BCUT2D eigenvalue weighted by Crippen LogP contribution is 2.24. The number of rotatable bonds is 4. The molecule has 11 nitrogen and oxygen atoms in total. The van der Waals surface area contributed by atoms with Crippen LogP contribution in [0.25, 0.3) is 22.1 Å². The number of hydrogen-bond donors (Lipinski definition) is 2. The summed E-state index contributed by atoms with van der Waals surface area (Å²) in [5.74, 6) is 5.74. The van der Waals surface area contributed by atoms with Crippen molar-refractivity contribution in [2.24, 2.45) is 7.05 Å². The number of pyridine rings is 2. The minimum atomic E-state index is -0.604. The molecule has 0 aliphatic rings. The van der Waals surface area contributed by atoms with E-state index in [9.17, 15) is 9.59 Å². The molecular formula is C29H23N9O2. The molecule has 0 aliphatic carbocycles. The lowest BCUT2D eigenvalue weighted by Crippen LogP contribution is -2.32. The van der Waals surface area contributed by atoms with Gasteiger partial charge in [-0.1, -0.05) is 30.0 Å². The molecule has 1 unspecified atom stereocenters. The predicted octanol–water partition coefficient (Wildman–Crippen LogP) is 2.63. The second-order valence-electron chi connectivity index (χ2n) is 9.19. The van der Waals surface area contributed by atoms with Crippen molar-refractivity contribution in [1.82, 2.24) is 39.2 Å². The summed E-state index contributed by atoms with van der Waals surface area (Å²) in [5.41, 5.74) is 8.69. The van der Waals surface area contributed by atoms with Crippen LogP contribution in [0.4, 0.5) is 5.82 Å². The lowest BCUT2D eigenvalue weighted by atomic mass is 10.1. The lowest BCUT2D eigenvalue weighted by molar-refractivity contribution is 0.0941. The largest absolute Gasteiger partial charge is 0.381 e. The van der Waals surface area contributed by atoms with E-state index < -0.39 is 11.9 Å². The smallest absolute Gasteiger partial charge is 0.264 e. The summed E-state index contributed by atoms with van der Waals surface area (Å²) >= 11 is 0. The van der Waals surface area contributed by atoms with E-state index in [1.807, 2.05) is 43.4 Å². The fraction of sp³-hybridized carbons (Fsp3) is 0.103. The number of amides is 1. The molecule has 0 radical (unpaired) electrons. The molecule has 6 aromatic rings. The van der Waals surface area contributed by atoms with Crippen molar-refractivity contribution in [2.45, 2.75) is 13.0 Å². The van der Waals surface area contributed by atoms with E-state index in [0.717, 1.165) is 5.56 Å². The maximum Gasteiger partial charge on any atom is 0.264 e. The van der Waals surface area contributed by atoms with Gasteiger partial charge in [-0.2, -0.15) is 5.10 Å². The lowest BCUT2D eigenvalue weighted by Gasteiger charge is -2.21. The third-order valence-electron chi connectivity index (χ3n) is 6.46. The number of aromatic nitrogens is 7. The third-order valence-corrected chi connectivity index (χ3v) is 6.46.